The van der Waals surface area contributed by atoms with Gasteiger partial charge in [-0.1, -0.05) is 41.4 Å². The first kappa shape index (κ1) is 36.4. The van der Waals surface area contributed by atoms with Crippen LogP contribution in [0.2, 0.25) is 10.0 Å². The monoisotopic (exact) mass is 759 g/mol. The van der Waals surface area contributed by atoms with Crippen molar-refractivity contribution in [3.63, 3.8) is 0 Å². The summed E-state index contributed by atoms with van der Waals surface area (Å²) in [4.78, 5) is 39.1. The first-order valence-electron chi connectivity index (χ1n) is 17.2. The Hall–Kier alpha value is -4.95. The van der Waals surface area contributed by atoms with Crippen molar-refractivity contribution in [2.45, 2.75) is 63.4 Å². The van der Waals surface area contributed by atoms with E-state index in [0.29, 0.717) is 92.9 Å². The molecule has 7 rings (SSSR count). The standard InChI is InChI=1S/C38H39Cl2N7O6/c1-38(51)14-24(15-38)42-16-25-20-46-18-22(13-30(52-2)35(46)44-25)34-33(40)27(11-12-41-34)26-5-4-6-28(32(26)39)29-9-7-21(36(45-29)53-3)17-47(37(49)50)19-23-8-10-31(48)43-23/h4-7,9,11-13,18,20,23-24,42,51H,8,10,14-17,19H2,1-3H3,(H,43,48)(H,49,50). The summed E-state index contributed by atoms with van der Waals surface area (Å²) in [5, 5.41) is 27.0. The number of nitrogens with zero attached hydrogens (tertiary/aromatic N) is 5. The average molecular weight is 761 g/mol. The molecule has 1 aliphatic heterocycles. The lowest BCUT2D eigenvalue weighted by atomic mass is 9.77. The number of carboxylic acid groups (broad SMARTS) is 1. The Morgan fingerprint density at radius 1 is 1.08 bits per heavy atom. The van der Waals surface area contributed by atoms with Gasteiger partial charge in [-0.15, -0.1) is 0 Å². The van der Waals surface area contributed by atoms with Gasteiger partial charge >= 0.3 is 6.09 Å². The van der Waals surface area contributed by atoms with Crippen LogP contribution in [-0.4, -0.2) is 84.9 Å². The van der Waals surface area contributed by atoms with E-state index in [1.165, 1.54) is 12.0 Å². The Kier molecular flexibility index (Phi) is 10.2. The third-order valence-corrected chi connectivity index (χ3v) is 10.5. The van der Waals surface area contributed by atoms with Gasteiger partial charge in [0.05, 0.1) is 53.5 Å². The normalized spacial score (nSPS) is 19.5. The molecule has 1 unspecified atom stereocenters. The van der Waals surface area contributed by atoms with Crippen LogP contribution in [0.4, 0.5) is 4.79 Å². The van der Waals surface area contributed by atoms with Crippen LogP contribution >= 0.6 is 23.2 Å². The van der Waals surface area contributed by atoms with E-state index < -0.39 is 11.7 Å². The zero-order valence-corrected chi connectivity index (χ0v) is 30.9. The summed E-state index contributed by atoms with van der Waals surface area (Å²) in [5.41, 5.74) is 5.17. The molecule has 4 aromatic heterocycles. The summed E-state index contributed by atoms with van der Waals surface area (Å²) in [7, 11) is 3.07. The second-order valence-corrected chi connectivity index (χ2v) is 14.5. The van der Waals surface area contributed by atoms with Crippen LogP contribution in [0.25, 0.3) is 39.3 Å². The number of amides is 2. The maximum absolute atomic E-state index is 12.1. The molecule has 0 bridgehead atoms. The molecule has 2 aliphatic rings. The van der Waals surface area contributed by atoms with Crippen LogP contribution in [0.15, 0.2) is 61.1 Å². The summed E-state index contributed by atoms with van der Waals surface area (Å²) in [6.07, 6.45) is 6.78. The van der Waals surface area contributed by atoms with E-state index in [-0.39, 0.29) is 37.0 Å². The van der Waals surface area contributed by atoms with Gasteiger partial charge in [0, 0.05) is 78.0 Å². The first-order valence-corrected chi connectivity index (χ1v) is 17.9. The number of halogens is 2. The quantitative estimate of drug-likeness (QED) is 0.115. The zero-order chi connectivity index (χ0) is 37.4. The van der Waals surface area contributed by atoms with Gasteiger partial charge < -0.3 is 39.6 Å². The van der Waals surface area contributed by atoms with Crippen molar-refractivity contribution < 1.29 is 29.3 Å². The molecule has 5 heterocycles. The van der Waals surface area contributed by atoms with Crippen molar-refractivity contribution in [1.82, 2.24) is 34.9 Å². The molecular weight excluding hydrogens is 721 g/mol. The van der Waals surface area contributed by atoms with Crippen LogP contribution in [-0.2, 0) is 17.9 Å². The number of nitrogens with one attached hydrogen (secondary N) is 2. The Morgan fingerprint density at radius 2 is 1.85 bits per heavy atom. The molecule has 1 saturated carbocycles. The maximum atomic E-state index is 12.1. The number of methoxy groups -OCH3 is 2. The lowest BCUT2D eigenvalue weighted by Crippen LogP contribution is -2.51. The van der Waals surface area contributed by atoms with Gasteiger partial charge in [0.1, 0.15) is 0 Å². The van der Waals surface area contributed by atoms with Gasteiger partial charge in [-0.25, -0.2) is 14.8 Å². The number of pyridine rings is 3. The molecule has 1 saturated heterocycles. The van der Waals surface area contributed by atoms with E-state index in [4.69, 9.17) is 42.6 Å². The fourth-order valence-corrected chi connectivity index (χ4v) is 7.73. The summed E-state index contributed by atoms with van der Waals surface area (Å²) < 4.78 is 13.2. The predicted molar refractivity (Wildman–Crippen MR) is 200 cm³/mol. The highest BCUT2D eigenvalue weighted by Gasteiger charge is 2.38. The SMILES string of the molecule is COc1nc(-c2cccc(-c3ccnc(-c4cc(OC)c5nc(CNC6CC(C)(O)C6)cn5c4)c3Cl)c2Cl)ccc1CN(CC1CCC(=O)N1)C(=O)O. The van der Waals surface area contributed by atoms with E-state index in [1.807, 2.05) is 48.0 Å². The number of imidazole rings is 1. The van der Waals surface area contributed by atoms with Crippen LogP contribution < -0.4 is 20.1 Å². The zero-order valence-electron chi connectivity index (χ0n) is 29.4. The topological polar surface area (TPSA) is 163 Å². The molecule has 1 atom stereocenters. The van der Waals surface area contributed by atoms with Crippen molar-refractivity contribution in [3.8, 4) is 45.3 Å². The van der Waals surface area contributed by atoms with Crippen molar-refractivity contribution in [1.29, 1.82) is 0 Å². The number of hydrogen-bond donors (Lipinski definition) is 4. The summed E-state index contributed by atoms with van der Waals surface area (Å²) in [5.74, 6) is 0.737. The molecule has 13 nitrogen and oxygen atoms in total. The number of aromatic nitrogens is 4. The fourth-order valence-electron chi connectivity index (χ4n) is 7.08. The van der Waals surface area contributed by atoms with Crippen LogP contribution in [0, 0.1) is 0 Å². The van der Waals surface area contributed by atoms with E-state index >= 15 is 0 Å². The second kappa shape index (κ2) is 14.8. The van der Waals surface area contributed by atoms with Crippen LogP contribution in [0.5, 0.6) is 11.6 Å². The van der Waals surface area contributed by atoms with Crippen molar-refractivity contribution in [2.75, 3.05) is 20.8 Å². The van der Waals surface area contributed by atoms with Crippen molar-refractivity contribution >= 4 is 40.8 Å². The Balaban J connectivity index is 1.15. The Morgan fingerprint density at radius 3 is 2.55 bits per heavy atom. The number of hydrogen-bond acceptors (Lipinski definition) is 9. The van der Waals surface area contributed by atoms with Gasteiger partial charge in [0.2, 0.25) is 11.8 Å². The van der Waals surface area contributed by atoms with Crippen molar-refractivity contribution in [3.05, 3.63) is 82.4 Å². The molecule has 2 fully saturated rings. The Bertz CT molecular complexity index is 2200. The second-order valence-electron chi connectivity index (χ2n) is 13.8. The maximum Gasteiger partial charge on any atom is 0.407 e. The number of carbonyl (C=O) groups is 2. The van der Waals surface area contributed by atoms with Crippen LogP contribution in [0.3, 0.4) is 0 Å². The predicted octanol–water partition coefficient (Wildman–Crippen LogP) is 6.21. The van der Waals surface area contributed by atoms with Crippen LogP contribution in [0.1, 0.15) is 43.9 Å². The van der Waals surface area contributed by atoms with Gasteiger partial charge in [0.15, 0.2) is 11.4 Å². The van der Waals surface area contributed by atoms with E-state index in [0.717, 1.165) is 5.69 Å². The molecular formula is C38H39Cl2N7O6. The highest BCUT2D eigenvalue weighted by atomic mass is 35.5. The number of aliphatic hydroxyl groups is 1. The molecule has 1 aliphatic carbocycles. The minimum absolute atomic E-state index is 0.0276. The van der Waals surface area contributed by atoms with E-state index in [9.17, 15) is 19.8 Å². The number of ether oxygens (including phenoxy) is 2. The summed E-state index contributed by atoms with van der Waals surface area (Å²) >= 11 is 14.2. The number of benzene rings is 1. The van der Waals surface area contributed by atoms with Gasteiger partial charge in [-0.2, -0.15) is 0 Å². The largest absolute Gasteiger partial charge is 0.493 e. The molecule has 2 amide bonds. The molecule has 1 aromatic carbocycles. The Labute approximate surface area is 315 Å². The highest BCUT2D eigenvalue weighted by molar-refractivity contribution is 6.39. The number of carbonyl (C=O) groups excluding carboxylic acids is 1. The molecule has 276 valence electrons. The molecule has 0 radical (unpaired) electrons. The molecule has 15 heteroatoms. The third kappa shape index (κ3) is 7.61. The lowest BCUT2D eigenvalue weighted by Gasteiger charge is -2.41. The molecule has 5 aromatic rings. The van der Waals surface area contributed by atoms with E-state index in [2.05, 4.69) is 15.6 Å². The first-order chi connectivity index (χ1) is 25.4. The van der Waals surface area contributed by atoms with E-state index in [1.54, 1.807) is 31.5 Å². The molecule has 0 spiro atoms. The number of fused-ring (bicyclic) bond motifs is 1. The van der Waals surface area contributed by atoms with Crippen molar-refractivity contribution in [2.24, 2.45) is 0 Å². The molecule has 53 heavy (non-hydrogen) atoms. The average Bonchev–Trinajstić information content (AvgIpc) is 3.74. The smallest absolute Gasteiger partial charge is 0.407 e. The minimum atomic E-state index is -1.11. The van der Waals surface area contributed by atoms with Gasteiger partial charge in [-0.05, 0) is 50.5 Å². The minimum Gasteiger partial charge on any atom is -0.493 e. The molecule has 4 N–H and O–H groups in total. The van der Waals surface area contributed by atoms with Gasteiger partial charge in [0.25, 0.3) is 0 Å². The lowest BCUT2D eigenvalue weighted by molar-refractivity contribution is -0.119. The van der Waals surface area contributed by atoms with Gasteiger partial charge in [-0.3, -0.25) is 9.78 Å². The number of rotatable bonds is 12. The summed E-state index contributed by atoms with van der Waals surface area (Å²) in [6, 6.07) is 12.8. The fraction of sp³-hybridized carbons (Fsp3) is 0.342. The highest BCUT2D eigenvalue weighted by Crippen LogP contribution is 2.42. The third-order valence-electron chi connectivity index (χ3n) is 9.75. The summed E-state index contributed by atoms with van der Waals surface area (Å²) in [6.45, 7) is 2.58.